The van der Waals surface area contributed by atoms with Gasteiger partial charge < -0.3 is 5.11 Å². The van der Waals surface area contributed by atoms with Crippen LogP contribution in [0.1, 0.15) is 25.5 Å². The van der Waals surface area contributed by atoms with Crippen molar-refractivity contribution in [3.05, 3.63) is 46.6 Å². The number of aromatic nitrogens is 3. The summed E-state index contributed by atoms with van der Waals surface area (Å²) in [5.74, 6) is 0. The minimum atomic E-state index is -0.621. The largest absolute Gasteiger partial charge is 0.391 e. The molecule has 1 aromatic heterocycles. The lowest BCUT2D eigenvalue weighted by molar-refractivity contribution is 0.130. The van der Waals surface area contributed by atoms with Crippen molar-refractivity contribution in [1.29, 1.82) is 0 Å². The lowest BCUT2D eigenvalue weighted by Gasteiger charge is -2.13. The Bertz CT molecular complexity index is 581. The van der Waals surface area contributed by atoms with Gasteiger partial charge in [0.1, 0.15) is 6.33 Å². The van der Waals surface area contributed by atoms with Gasteiger partial charge in [0, 0.05) is 0 Å². The Morgan fingerprint density at radius 1 is 1.22 bits per heavy atom. The van der Waals surface area contributed by atoms with Crippen LogP contribution in [-0.2, 0) is 0 Å². The van der Waals surface area contributed by atoms with Gasteiger partial charge in [0.2, 0.25) is 0 Å². The second kappa shape index (κ2) is 4.78. The molecule has 2 unspecified atom stereocenters. The summed E-state index contributed by atoms with van der Waals surface area (Å²) in [7, 11) is 0. The van der Waals surface area contributed by atoms with Crippen LogP contribution in [0.3, 0.4) is 0 Å². The van der Waals surface area contributed by atoms with Gasteiger partial charge in [0.15, 0.2) is 0 Å². The third-order valence-corrected chi connectivity index (χ3v) is 3.09. The lowest BCUT2D eigenvalue weighted by Crippen LogP contribution is -2.31. The summed E-state index contributed by atoms with van der Waals surface area (Å²) < 4.78 is 2.77. The van der Waals surface area contributed by atoms with Crippen LogP contribution in [0.5, 0.6) is 0 Å². The minimum absolute atomic E-state index is 0.243. The zero-order valence-electron chi connectivity index (χ0n) is 10.7. The monoisotopic (exact) mass is 247 g/mol. The Balaban J connectivity index is 2.43. The number of hydrogen-bond acceptors (Lipinski definition) is 3. The van der Waals surface area contributed by atoms with Crippen molar-refractivity contribution in [1.82, 2.24) is 14.3 Å². The molecule has 2 aromatic rings. The van der Waals surface area contributed by atoms with Gasteiger partial charge in [0.25, 0.3) is 0 Å². The Morgan fingerprint density at radius 3 is 2.39 bits per heavy atom. The summed E-state index contributed by atoms with van der Waals surface area (Å²) >= 11 is 0. The number of benzene rings is 1. The molecule has 0 fully saturated rings. The van der Waals surface area contributed by atoms with Crippen LogP contribution < -0.4 is 5.69 Å². The van der Waals surface area contributed by atoms with Crippen molar-refractivity contribution in [2.24, 2.45) is 0 Å². The van der Waals surface area contributed by atoms with Crippen LogP contribution in [0, 0.1) is 6.92 Å². The van der Waals surface area contributed by atoms with Crippen molar-refractivity contribution >= 4 is 0 Å². The van der Waals surface area contributed by atoms with E-state index in [1.165, 1.54) is 15.6 Å². The molecule has 0 aliphatic carbocycles. The molecule has 18 heavy (non-hydrogen) atoms. The number of nitrogens with zero attached hydrogens (tertiary/aromatic N) is 3. The molecule has 2 rings (SSSR count). The first-order valence-corrected chi connectivity index (χ1v) is 5.92. The highest BCUT2D eigenvalue weighted by Gasteiger charge is 2.16. The standard InChI is InChI=1S/C13H17N3O2/c1-9-4-6-12(7-5-9)15-8-14-16(13(15)18)10(2)11(3)17/h4-8,10-11,17H,1-3H3. The molecule has 5 nitrogen and oxygen atoms in total. The van der Waals surface area contributed by atoms with Crippen LogP contribution in [0.2, 0.25) is 0 Å². The Hall–Kier alpha value is -1.88. The van der Waals surface area contributed by atoms with Crippen molar-refractivity contribution in [3.63, 3.8) is 0 Å². The fraction of sp³-hybridized carbons (Fsp3) is 0.385. The summed E-state index contributed by atoms with van der Waals surface area (Å²) in [5, 5.41) is 13.5. The van der Waals surface area contributed by atoms with E-state index in [1.54, 1.807) is 13.8 Å². The highest BCUT2D eigenvalue weighted by atomic mass is 16.3. The van der Waals surface area contributed by atoms with E-state index in [-0.39, 0.29) is 11.7 Å². The van der Waals surface area contributed by atoms with Gasteiger partial charge in [-0.15, -0.1) is 0 Å². The minimum Gasteiger partial charge on any atom is -0.391 e. The third kappa shape index (κ3) is 2.22. The Kier molecular flexibility index (Phi) is 3.34. The van der Waals surface area contributed by atoms with Crippen molar-refractivity contribution < 1.29 is 5.11 Å². The molecule has 5 heteroatoms. The first-order chi connectivity index (χ1) is 8.50. The normalized spacial score (nSPS) is 14.4. The van der Waals surface area contributed by atoms with E-state index in [4.69, 9.17) is 0 Å². The second-order valence-electron chi connectivity index (χ2n) is 4.54. The predicted octanol–water partition coefficient (Wildman–Crippen LogP) is 1.28. The van der Waals surface area contributed by atoms with Crippen molar-refractivity contribution in [3.8, 4) is 5.69 Å². The molecule has 0 amide bonds. The SMILES string of the molecule is Cc1ccc(-n2cnn(C(C)C(C)O)c2=O)cc1. The molecule has 1 N–H and O–H groups in total. The number of rotatable bonds is 3. The molecular weight excluding hydrogens is 230 g/mol. The summed E-state index contributed by atoms with van der Waals surface area (Å²) in [6, 6.07) is 7.28. The molecule has 96 valence electrons. The zero-order chi connectivity index (χ0) is 13.3. The van der Waals surface area contributed by atoms with Crippen LogP contribution in [0.15, 0.2) is 35.4 Å². The average molecular weight is 247 g/mol. The van der Waals surface area contributed by atoms with Gasteiger partial charge in [-0.1, -0.05) is 17.7 Å². The highest BCUT2D eigenvalue weighted by molar-refractivity contribution is 5.33. The van der Waals surface area contributed by atoms with Gasteiger partial charge >= 0.3 is 5.69 Å². The molecule has 0 radical (unpaired) electrons. The molecule has 0 saturated heterocycles. The van der Waals surface area contributed by atoms with Gasteiger partial charge in [-0.2, -0.15) is 5.10 Å². The van der Waals surface area contributed by atoms with Crippen LogP contribution in [0.4, 0.5) is 0 Å². The van der Waals surface area contributed by atoms with Crippen LogP contribution >= 0.6 is 0 Å². The van der Waals surface area contributed by atoms with E-state index >= 15 is 0 Å². The van der Waals surface area contributed by atoms with Crippen LogP contribution in [0.25, 0.3) is 5.69 Å². The summed E-state index contributed by atoms with van der Waals surface area (Å²) in [5.41, 5.74) is 1.67. The van der Waals surface area contributed by atoms with E-state index in [2.05, 4.69) is 5.10 Å². The molecular formula is C13H17N3O2. The molecule has 0 aliphatic rings. The Morgan fingerprint density at radius 2 is 1.83 bits per heavy atom. The van der Waals surface area contributed by atoms with Crippen LogP contribution in [-0.4, -0.2) is 25.6 Å². The third-order valence-electron chi connectivity index (χ3n) is 3.09. The topological polar surface area (TPSA) is 60.1 Å². The van der Waals surface area contributed by atoms with Gasteiger partial charge in [-0.25, -0.2) is 14.0 Å². The molecule has 0 saturated carbocycles. The van der Waals surface area contributed by atoms with Gasteiger partial charge in [-0.3, -0.25) is 0 Å². The number of hydrogen-bond donors (Lipinski definition) is 1. The van der Waals surface area contributed by atoms with Gasteiger partial charge in [0.05, 0.1) is 17.8 Å². The number of aliphatic hydroxyl groups is 1. The first kappa shape index (κ1) is 12.6. The smallest absolute Gasteiger partial charge is 0.350 e. The average Bonchev–Trinajstić information content (AvgIpc) is 2.71. The predicted molar refractivity (Wildman–Crippen MR) is 69.0 cm³/mol. The fourth-order valence-electron chi connectivity index (χ4n) is 1.68. The molecule has 1 aromatic carbocycles. The van der Waals surface area contributed by atoms with E-state index in [0.717, 1.165) is 11.3 Å². The highest BCUT2D eigenvalue weighted by Crippen LogP contribution is 2.09. The van der Waals surface area contributed by atoms with Crippen molar-refractivity contribution in [2.75, 3.05) is 0 Å². The zero-order valence-corrected chi connectivity index (χ0v) is 10.7. The number of aryl methyl sites for hydroxylation is 1. The summed E-state index contributed by atoms with van der Waals surface area (Å²) in [6.45, 7) is 5.39. The quantitative estimate of drug-likeness (QED) is 0.889. The fourth-order valence-corrected chi connectivity index (χ4v) is 1.68. The first-order valence-electron chi connectivity index (χ1n) is 5.92. The second-order valence-corrected chi connectivity index (χ2v) is 4.54. The number of aliphatic hydroxyl groups excluding tert-OH is 1. The Labute approximate surface area is 105 Å². The maximum atomic E-state index is 12.2. The summed E-state index contributed by atoms with van der Waals surface area (Å²) in [4.78, 5) is 12.2. The molecule has 0 bridgehead atoms. The lowest BCUT2D eigenvalue weighted by atomic mass is 10.2. The van der Waals surface area contributed by atoms with E-state index in [1.807, 2.05) is 31.2 Å². The maximum absolute atomic E-state index is 12.2. The molecule has 0 aliphatic heterocycles. The van der Waals surface area contributed by atoms with E-state index < -0.39 is 6.10 Å². The molecule has 1 heterocycles. The molecule has 2 atom stereocenters. The van der Waals surface area contributed by atoms with E-state index in [9.17, 15) is 9.90 Å². The molecule has 0 spiro atoms. The van der Waals surface area contributed by atoms with E-state index in [0.29, 0.717) is 0 Å². The van der Waals surface area contributed by atoms with Crippen molar-refractivity contribution in [2.45, 2.75) is 32.9 Å². The summed E-state index contributed by atoms with van der Waals surface area (Å²) in [6.07, 6.45) is 0.857. The van der Waals surface area contributed by atoms with Gasteiger partial charge in [-0.05, 0) is 32.9 Å². The maximum Gasteiger partial charge on any atom is 0.350 e.